The SMILES string of the molecule is c1ccc(-c2nc(-c3cccc4ccccc34)nc(-c3ccc(-n4c5ccccc5c5cc6ccccc6cc54)c4oc5ccccc5c34)n2)cc1. The number of aromatic nitrogens is 4. The summed E-state index contributed by atoms with van der Waals surface area (Å²) in [5, 5.41) is 9.00. The molecule has 0 bridgehead atoms. The Morgan fingerprint density at radius 2 is 1.04 bits per heavy atom. The van der Waals surface area contributed by atoms with Crippen LogP contribution < -0.4 is 0 Å². The van der Waals surface area contributed by atoms with E-state index in [4.69, 9.17) is 19.4 Å². The van der Waals surface area contributed by atoms with Crippen LogP contribution in [0.4, 0.5) is 0 Å². The second-order valence-corrected chi connectivity index (χ2v) is 13.2. The minimum Gasteiger partial charge on any atom is -0.454 e. The molecule has 3 heterocycles. The predicted molar refractivity (Wildman–Crippen MR) is 213 cm³/mol. The van der Waals surface area contributed by atoms with Gasteiger partial charge in [-0.3, -0.25) is 0 Å². The lowest BCUT2D eigenvalue weighted by Gasteiger charge is -2.13. The molecule has 0 spiro atoms. The molecule has 11 aromatic rings. The van der Waals surface area contributed by atoms with E-state index in [-0.39, 0.29) is 0 Å². The molecule has 0 N–H and O–H groups in total. The van der Waals surface area contributed by atoms with Crippen molar-refractivity contribution in [2.75, 3.05) is 0 Å². The lowest BCUT2D eigenvalue weighted by Crippen LogP contribution is -2.01. The number of hydrogen-bond acceptors (Lipinski definition) is 4. The van der Waals surface area contributed by atoms with Crippen LogP contribution in [0.3, 0.4) is 0 Å². The third-order valence-electron chi connectivity index (χ3n) is 10.2. The Morgan fingerprint density at radius 1 is 0.404 bits per heavy atom. The summed E-state index contributed by atoms with van der Waals surface area (Å²) in [6, 6.07) is 59.1. The molecule has 0 aliphatic rings. The van der Waals surface area contributed by atoms with E-state index in [0.717, 1.165) is 66.1 Å². The molecule has 8 aromatic carbocycles. The van der Waals surface area contributed by atoms with Crippen LogP contribution in [0, 0.1) is 0 Å². The van der Waals surface area contributed by atoms with Gasteiger partial charge in [0.25, 0.3) is 0 Å². The number of fused-ring (bicyclic) bond motifs is 8. The van der Waals surface area contributed by atoms with Gasteiger partial charge in [-0.1, -0.05) is 133 Å². The van der Waals surface area contributed by atoms with Crippen molar-refractivity contribution in [3.8, 4) is 39.9 Å². The zero-order valence-electron chi connectivity index (χ0n) is 27.9. The summed E-state index contributed by atoms with van der Waals surface area (Å²) >= 11 is 0. The summed E-state index contributed by atoms with van der Waals surface area (Å²) in [5.41, 5.74) is 7.56. The molecule has 242 valence electrons. The molecular weight excluding hydrogens is 637 g/mol. The van der Waals surface area contributed by atoms with Crippen molar-refractivity contribution in [3.05, 3.63) is 170 Å². The highest BCUT2D eigenvalue weighted by Crippen LogP contribution is 2.43. The van der Waals surface area contributed by atoms with E-state index in [1.807, 2.05) is 42.5 Å². The lowest BCUT2D eigenvalue weighted by molar-refractivity contribution is 0.666. The Bertz CT molecular complexity index is 3190. The molecule has 0 saturated carbocycles. The smallest absolute Gasteiger partial charge is 0.164 e. The van der Waals surface area contributed by atoms with Gasteiger partial charge in [-0.2, -0.15) is 0 Å². The van der Waals surface area contributed by atoms with Crippen molar-refractivity contribution >= 4 is 65.3 Å². The van der Waals surface area contributed by atoms with Gasteiger partial charge in [-0.15, -0.1) is 0 Å². The minimum absolute atomic E-state index is 0.591. The Morgan fingerprint density at radius 3 is 1.88 bits per heavy atom. The first-order valence-electron chi connectivity index (χ1n) is 17.5. The first kappa shape index (κ1) is 28.7. The molecule has 5 nitrogen and oxygen atoms in total. The number of hydrogen-bond donors (Lipinski definition) is 0. The molecule has 0 fully saturated rings. The van der Waals surface area contributed by atoms with Crippen molar-refractivity contribution in [3.63, 3.8) is 0 Å². The zero-order valence-corrected chi connectivity index (χ0v) is 27.9. The Labute approximate surface area is 298 Å². The minimum atomic E-state index is 0.591. The highest BCUT2D eigenvalue weighted by molar-refractivity contribution is 6.17. The molecule has 0 saturated heterocycles. The van der Waals surface area contributed by atoms with Crippen molar-refractivity contribution in [2.24, 2.45) is 0 Å². The number of benzene rings is 8. The third-order valence-corrected chi connectivity index (χ3v) is 10.2. The van der Waals surface area contributed by atoms with Gasteiger partial charge in [0, 0.05) is 38.2 Å². The van der Waals surface area contributed by atoms with Crippen LogP contribution in [0.1, 0.15) is 0 Å². The van der Waals surface area contributed by atoms with Crippen LogP contribution in [0.2, 0.25) is 0 Å². The average Bonchev–Trinajstić information content (AvgIpc) is 3.76. The predicted octanol–water partition coefficient (Wildman–Crippen LogP) is 12.2. The standard InChI is InChI=1S/C47H28N4O/c1-2-14-30(15-3-1)45-48-46(35-22-12-18-29-13-6-7-19-33(29)35)50-47(49-45)37-25-26-40(44-43(37)36-21-9-11-24-42(36)52-44)51-39-23-10-8-20-34(39)38-27-31-16-4-5-17-32(31)28-41(38)51/h1-28H. The van der Waals surface area contributed by atoms with E-state index in [1.165, 1.54) is 21.5 Å². The van der Waals surface area contributed by atoms with Crippen molar-refractivity contribution in [1.29, 1.82) is 0 Å². The van der Waals surface area contributed by atoms with Crippen LogP contribution in [0.15, 0.2) is 174 Å². The van der Waals surface area contributed by atoms with Crippen LogP contribution in [-0.2, 0) is 0 Å². The fourth-order valence-electron chi connectivity index (χ4n) is 7.85. The molecule has 3 aromatic heterocycles. The first-order chi connectivity index (χ1) is 25.8. The molecule has 0 aliphatic heterocycles. The maximum atomic E-state index is 6.85. The molecule has 0 unspecified atom stereocenters. The Kier molecular flexibility index (Phi) is 6.18. The molecule has 52 heavy (non-hydrogen) atoms. The summed E-state index contributed by atoms with van der Waals surface area (Å²) in [5.74, 6) is 1.83. The molecule has 5 heteroatoms. The van der Waals surface area contributed by atoms with Gasteiger partial charge in [0.1, 0.15) is 5.58 Å². The Balaban J connectivity index is 1.23. The number of furan rings is 1. The highest BCUT2D eigenvalue weighted by Gasteiger charge is 2.23. The normalized spacial score (nSPS) is 11.8. The van der Waals surface area contributed by atoms with E-state index in [9.17, 15) is 0 Å². The lowest BCUT2D eigenvalue weighted by atomic mass is 10.0. The topological polar surface area (TPSA) is 56.7 Å². The van der Waals surface area contributed by atoms with Crippen molar-refractivity contribution in [1.82, 2.24) is 19.5 Å². The molecular formula is C47H28N4O. The van der Waals surface area contributed by atoms with E-state index < -0.39 is 0 Å². The maximum absolute atomic E-state index is 6.85. The van der Waals surface area contributed by atoms with Gasteiger partial charge < -0.3 is 8.98 Å². The van der Waals surface area contributed by atoms with Crippen LogP contribution in [0.25, 0.3) is 105 Å². The average molecular weight is 665 g/mol. The second kappa shape index (κ2) is 11.2. The van der Waals surface area contributed by atoms with Gasteiger partial charge >= 0.3 is 0 Å². The quantitative estimate of drug-likeness (QED) is 0.188. The monoisotopic (exact) mass is 664 g/mol. The number of nitrogens with zero attached hydrogens (tertiary/aromatic N) is 4. The Hall–Kier alpha value is -7.11. The van der Waals surface area contributed by atoms with E-state index in [2.05, 4.69) is 132 Å². The van der Waals surface area contributed by atoms with Crippen molar-refractivity contribution < 1.29 is 4.42 Å². The van der Waals surface area contributed by atoms with Crippen LogP contribution in [-0.4, -0.2) is 19.5 Å². The summed E-state index contributed by atoms with van der Waals surface area (Å²) in [4.78, 5) is 15.5. The van der Waals surface area contributed by atoms with Gasteiger partial charge in [-0.25, -0.2) is 15.0 Å². The summed E-state index contributed by atoms with van der Waals surface area (Å²) in [7, 11) is 0. The largest absolute Gasteiger partial charge is 0.454 e. The molecule has 11 rings (SSSR count). The van der Waals surface area contributed by atoms with E-state index in [1.54, 1.807) is 0 Å². The molecule has 0 radical (unpaired) electrons. The molecule has 0 aliphatic carbocycles. The summed E-state index contributed by atoms with van der Waals surface area (Å²) < 4.78 is 9.19. The highest BCUT2D eigenvalue weighted by atomic mass is 16.3. The fraction of sp³-hybridized carbons (Fsp3) is 0. The maximum Gasteiger partial charge on any atom is 0.164 e. The van der Waals surface area contributed by atoms with E-state index >= 15 is 0 Å². The van der Waals surface area contributed by atoms with Gasteiger partial charge in [-0.05, 0) is 57.9 Å². The van der Waals surface area contributed by atoms with Gasteiger partial charge in [0.15, 0.2) is 23.1 Å². The summed E-state index contributed by atoms with van der Waals surface area (Å²) in [6.45, 7) is 0. The third kappa shape index (κ3) is 4.33. The van der Waals surface area contributed by atoms with Crippen LogP contribution in [0.5, 0.6) is 0 Å². The first-order valence-corrected chi connectivity index (χ1v) is 17.5. The number of para-hydroxylation sites is 2. The molecule has 0 amide bonds. The van der Waals surface area contributed by atoms with Gasteiger partial charge in [0.05, 0.1) is 16.7 Å². The zero-order chi connectivity index (χ0) is 34.2. The summed E-state index contributed by atoms with van der Waals surface area (Å²) in [6.07, 6.45) is 0. The van der Waals surface area contributed by atoms with Gasteiger partial charge in [0.2, 0.25) is 0 Å². The van der Waals surface area contributed by atoms with E-state index in [0.29, 0.717) is 17.5 Å². The van der Waals surface area contributed by atoms with Crippen LogP contribution >= 0.6 is 0 Å². The fourth-order valence-corrected chi connectivity index (χ4v) is 7.85. The second-order valence-electron chi connectivity index (χ2n) is 13.2. The number of rotatable bonds is 4. The van der Waals surface area contributed by atoms with Crippen molar-refractivity contribution in [2.45, 2.75) is 0 Å². The molecule has 0 atom stereocenters.